The average Bonchev–Trinajstić information content (AvgIpc) is 2.66. The molecule has 1 N–H and O–H groups in total. The summed E-state index contributed by atoms with van der Waals surface area (Å²) in [4.78, 5) is 4.49. The maximum absolute atomic E-state index is 5.91. The highest BCUT2D eigenvalue weighted by Gasteiger charge is 2.01. The van der Waals surface area contributed by atoms with Gasteiger partial charge in [0.1, 0.15) is 5.65 Å². The van der Waals surface area contributed by atoms with Gasteiger partial charge in [0.15, 0.2) is 0 Å². The first-order valence-corrected chi connectivity index (χ1v) is 6.89. The molecule has 2 rings (SSSR count). The number of hydrogen-bond donors (Lipinski definition) is 1. The van der Waals surface area contributed by atoms with Gasteiger partial charge in [-0.1, -0.05) is 11.6 Å². The normalized spacial score (nSPS) is 11.1. The highest BCUT2D eigenvalue weighted by Crippen LogP contribution is 2.11. The summed E-state index contributed by atoms with van der Waals surface area (Å²) >= 11 is 7.74. The van der Waals surface area contributed by atoms with Crippen molar-refractivity contribution in [3.8, 4) is 0 Å². The van der Waals surface area contributed by atoms with E-state index in [1.807, 2.05) is 40.7 Å². The molecular weight excluding hydrogens is 242 g/mol. The van der Waals surface area contributed by atoms with Gasteiger partial charge < -0.3 is 9.72 Å². The summed E-state index contributed by atoms with van der Waals surface area (Å²) < 4.78 is 1.95. The Balaban J connectivity index is 2.02. The van der Waals surface area contributed by atoms with Crippen LogP contribution in [0.1, 0.15) is 5.69 Å². The molecule has 2 aromatic rings. The summed E-state index contributed by atoms with van der Waals surface area (Å²) in [6.45, 7) is 1.82. The lowest BCUT2D eigenvalue weighted by molar-refractivity contribution is 0.719. The van der Waals surface area contributed by atoms with Crippen molar-refractivity contribution in [3.05, 3.63) is 35.2 Å². The van der Waals surface area contributed by atoms with E-state index in [9.17, 15) is 0 Å². The summed E-state index contributed by atoms with van der Waals surface area (Å²) in [6.07, 6.45) is 5.98. The van der Waals surface area contributed by atoms with Crippen molar-refractivity contribution >= 4 is 29.0 Å². The molecule has 0 fully saturated rings. The van der Waals surface area contributed by atoms with Crippen LogP contribution < -0.4 is 5.32 Å². The lowest BCUT2D eigenvalue weighted by Gasteiger charge is -1.99. The maximum Gasteiger partial charge on any atom is 0.137 e. The topological polar surface area (TPSA) is 29.3 Å². The second-order valence-corrected chi connectivity index (χ2v) is 4.94. The van der Waals surface area contributed by atoms with Crippen molar-refractivity contribution in [1.82, 2.24) is 14.7 Å². The molecule has 0 radical (unpaired) electrons. The second kappa shape index (κ2) is 5.57. The number of nitrogens with zero attached hydrogens (tertiary/aromatic N) is 2. The number of imidazole rings is 1. The molecule has 0 saturated carbocycles. The summed E-state index contributed by atoms with van der Waals surface area (Å²) in [7, 11) is 0. The van der Waals surface area contributed by atoms with E-state index >= 15 is 0 Å². The van der Waals surface area contributed by atoms with Crippen LogP contribution in [0.2, 0.25) is 5.02 Å². The third-order valence-electron chi connectivity index (χ3n) is 2.25. The van der Waals surface area contributed by atoms with Gasteiger partial charge in [-0.2, -0.15) is 11.8 Å². The van der Waals surface area contributed by atoms with E-state index in [1.54, 1.807) is 0 Å². The van der Waals surface area contributed by atoms with Gasteiger partial charge in [-0.25, -0.2) is 4.98 Å². The van der Waals surface area contributed by atoms with Crippen LogP contribution in [0.5, 0.6) is 0 Å². The molecule has 0 spiro atoms. The number of fused-ring (bicyclic) bond motifs is 1. The van der Waals surface area contributed by atoms with E-state index in [0.29, 0.717) is 0 Å². The zero-order chi connectivity index (χ0) is 11.4. The van der Waals surface area contributed by atoms with Gasteiger partial charge in [-0.15, -0.1) is 0 Å². The standard InChI is InChI=1S/C11H14ClN3S/c1-16-5-4-13-6-10-8-15-7-9(12)2-3-11(15)14-10/h2-3,7-8,13H,4-6H2,1H3. The van der Waals surface area contributed by atoms with Gasteiger partial charge in [0.05, 0.1) is 10.7 Å². The lowest BCUT2D eigenvalue weighted by Crippen LogP contribution is -2.16. The van der Waals surface area contributed by atoms with Crippen LogP contribution in [0.25, 0.3) is 5.65 Å². The fraction of sp³-hybridized carbons (Fsp3) is 0.364. The number of halogens is 1. The molecule has 16 heavy (non-hydrogen) atoms. The number of nitrogens with one attached hydrogen (secondary N) is 1. The van der Waals surface area contributed by atoms with Gasteiger partial charge in [-0.05, 0) is 18.4 Å². The Kier molecular flexibility index (Phi) is 4.09. The minimum Gasteiger partial charge on any atom is -0.310 e. The average molecular weight is 256 g/mol. The molecule has 0 unspecified atom stereocenters. The first-order chi connectivity index (χ1) is 7.79. The molecule has 2 aromatic heterocycles. The van der Waals surface area contributed by atoms with E-state index in [0.717, 1.165) is 35.2 Å². The molecule has 0 aromatic carbocycles. The molecule has 0 aliphatic heterocycles. The zero-order valence-corrected chi connectivity index (χ0v) is 10.7. The van der Waals surface area contributed by atoms with E-state index in [-0.39, 0.29) is 0 Å². The smallest absolute Gasteiger partial charge is 0.137 e. The fourth-order valence-electron chi connectivity index (χ4n) is 1.49. The van der Waals surface area contributed by atoms with Gasteiger partial charge in [0.25, 0.3) is 0 Å². The van der Waals surface area contributed by atoms with Gasteiger partial charge in [-0.3, -0.25) is 0 Å². The number of pyridine rings is 1. The van der Waals surface area contributed by atoms with Crippen molar-refractivity contribution in [1.29, 1.82) is 0 Å². The largest absolute Gasteiger partial charge is 0.310 e. The third kappa shape index (κ3) is 2.90. The van der Waals surface area contributed by atoms with Crippen LogP contribution in [-0.4, -0.2) is 27.9 Å². The molecule has 0 aliphatic rings. The molecule has 0 saturated heterocycles. The molecule has 0 atom stereocenters. The lowest BCUT2D eigenvalue weighted by atomic mass is 10.5. The Bertz CT molecular complexity index is 469. The van der Waals surface area contributed by atoms with Crippen molar-refractivity contribution in [3.63, 3.8) is 0 Å². The van der Waals surface area contributed by atoms with Crippen LogP contribution in [0.3, 0.4) is 0 Å². The number of hydrogen-bond acceptors (Lipinski definition) is 3. The summed E-state index contributed by atoms with van der Waals surface area (Å²) in [6, 6.07) is 3.78. The van der Waals surface area contributed by atoms with E-state index in [4.69, 9.17) is 11.6 Å². The van der Waals surface area contributed by atoms with Crippen molar-refractivity contribution in [2.24, 2.45) is 0 Å². The molecule has 5 heteroatoms. The maximum atomic E-state index is 5.91. The van der Waals surface area contributed by atoms with Gasteiger partial charge in [0.2, 0.25) is 0 Å². The molecule has 0 bridgehead atoms. The monoisotopic (exact) mass is 255 g/mol. The fourth-order valence-corrected chi connectivity index (χ4v) is 2.01. The minimum atomic E-state index is 0.729. The predicted molar refractivity (Wildman–Crippen MR) is 70.3 cm³/mol. The number of rotatable bonds is 5. The molecular formula is C11H14ClN3S. The highest BCUT2D eigenvalue weighted by molar-refractivity contribution is 7.98. The molecule has 0 amide bonds. The SMILES string of the molecule is CSCCNCc1cn2cc(Cl)ccc2n1. The van der Waals surface area contributed by atoms with E-state index < -0.39 is 0 Å². The Morgan fingerprint density at radius 1 is 1.44 bits per heavy atom. The molecule has 3 nitrogen and oxygen atoms in total. The molecule has 2 heterocycles. The van der Waals surface area contributed by atoms with Gasteiger partial charge in [0, 0.05) is 31.2 Å². The second-order valence-electron chi connectivity index (χ2n) is 3.51. The quantitative estimate of drug-likeness (QED) is 0.833. The zero-order valence-electron chi connectivity index (χ0n) is 9.11. The van der Waals surface area contributed by atoms with Crippen LogP contribution in [-0.2, 0) is 6.54 Å². The van der Waals surface area contributed by atoms with Crippen molar-refractivity contribution in [2.45, 2.75) is 6.54 Å². The van der Waals surface area contributed by atoms with Crippen LogP contribution in [0.4, 0.5) is 0 Å². The van der Waals surface area contributed by atoms with Crippen LogP contribution >= 0.6 is 23.4 Å². The van der Waals surface area contributed by atoms with Gasteiger partial charge >= 0.3 is 0 Å². The van der Waals surface area contributed by atoms with E-state index in [1.165, 1.54) is 0 Å². The van der Waals surface area contributed by atoms with Crippen LogP contribution in [0.15, 0.2) is 24.5 Å². The van der Waals surface area contributed by atoms with Crippen molar-refractivity contribution in [2.75, 3.05) is 18.6 Å². The summed E-state index contributed by atoms with van der Waals surface area (Å²) in [5.74, 6) is 1.12. The van der Waals surface area contributed by atoms with Crippen molar-refractivity contribution < 1.29 is 0 Å². The van der Waals surface area contributed by atoms with Crippen LogP contribution in [0, 0.1) is 0 Å². The highest BCUT2D eigenvalue weighted by atomic mass is 35.5. The van der Waals surface area contributed by atoms with E-state index in [2.05, 4.69) is 16.6 Å². The first kappa shape index (κ1) is 11.8. The summed E-state index contributed by atoms with van der Waals surface area (Å²) in [5.41, 5.74) is 1.98. The third-order valence-corrected chi connectivity index (χ3v) is 3.09. The minimum absolute atomic E-state index is 0.729. The Morgan fingerprint density at radius 3 is 3.12 bits per heavy atom. The predicted octanol–water partition coefficient (Wildman–Crippen LogP) is 2.44. The Labute approximate surface area is 104 Å². The summed E-state index contributed by atoms with van der Waals surface area (Å²) in [5, 5.41) is 4.08. The first-order valence-electron chi connectivity index (χ1n) is 5.12. The number of thioether (sulfide) groups is 1. The number of aromatic nitrogens is 2. The Hall–Kier alpha value is -0.710. The molecule has 0 aliphatic carbocycles. The Morgan fingerprint density at radius 2 is 2.31 bits per heavy atom. The molecule has 86 valence electrons.